The summed E-state index contributed by atoms with van der Waals surface area (Å²) in [4.78, 5) is 10.9. The summed E-state index contributed by atoms with van der Waals surface area (Å²) in [5.41, 5.74) is 0. The summed E-state index contributed by atoms with van der Waals surface area (Å²) in [6, 6.07) is 0. The van der Waals surface area contributed by atoms with E-state index in [4.69, 9.17) is 0 Å². The third kappa shape index (κ3) is 16.9. The van der Waals surface area contributed by atoms with Crippen LogP contribution in [-0.2, 0) is 9.53 Å². The Morgan fingerprint density at radius 2 is 1.29 bits per heavy atom. The molecule has 0 bridgehead atoms. The van der Waals surface area contributed by atoms with Crippen molar-refractivity contribution in [1.82, 2.24) is 0 Å². The Morgan fingerprint density at radius 1 is 0.762 bits per heavy atom. The molecule has 2 heteroatoms. The molecule has 0 aromatic heterocycles. The van der Waals surface area contributed by atoms with Gasteiger partial charge in [-0.05, 0) is 38.5 Å². The summed E-state index contributed by atoms with van der Waals surface area (Å²) in [6.45, 7) is 2.26. The number of methoxy groups -OCH3 is 1. The first-order chi connectivity index (χ1) is 10.3. The van der Waals surface area contributed by atoms with Crippen LogP contribution in [0.1, 0.15) is 84.0 Å². The molecule has 2 nitrogen and oxygen atoms in total. The van der Waals surface area contributed by atoms with Crippen molar-refractivity contribution in [3.63, 3.8) is 0 Å². The fourth-order valence-electron chi connectivity index (χ4n) is 2.17. The van der Waals surface area contributed by atoms with Crippen LogP contribution in [0.2, 0.25) is 0 Å². The van der Waals surface area contributed by atoms with Gasteiger partial charge in [0.05, 0.1) is 7.11 Å². The zero-order valence-corrected chi connectivity index (χ0v) is 14.1. The maximum Gasteiger partial charge on any atom is 0.305 e. The van der Waals surface area contributed by atoms with Crippen molar-refractivity contribution in [3.8, 4) is 0 Å². The summed E-state index contributed by atoms with van der Waals surface area (Å²) in [5.74, 6) is -0.110. The predicted molar refractivity (Wildman–Crippen MR) is 91.4 cm³/mol. The third-order valence-corrected chi connectivity index (χ3v) is 3.54. The Labute approximate surface area is 131 Å². The average Bonchev–Trinajstić information content (AvgIpc) is 2.50. The molecule has 0 aliphatic rings. The second kappa shape index (κ2) is 17.0. The van der Waals surface area contributed by atoms with Gasteiger partial charge in [0.25, 0.3) is 0 Å². The smallest absolute Gasteiger partial charge is 0.305 e. The molecule has 0 rings (SSSR count). The van der Waals surface area contributed by atoms with Crippen molar-refractivity contribution < 1.29 is 9.53 Å². The predicted octanol–water partition coefficient (Wildman–Crippen LogP) is 5.97. The van der Waals surface area contributed by atoms with Gasteiger partial charge in [-0.15, -0.1) is 0 Å². The van der Waals surface area contributed by atoms with Crippen molar-refractivity contribution in [3.05, 3.63) is 24.3 Å². The van der Waals surface area contributed by atoms with E-state index in [1.807, 2.05) is 0 Å². The van der Waals surface area contributed by atoms with Crippen LogP contribution in [0.25, 0.3) is 0 Å². The molecular weight excluding hydrogens is 260 g/mol. The molecule has 0 saturated carbocycles. The van der Waals surface area contributed by atoms with E-state index in [-0.39, 0.29) is 5.97 Å². The Morgan fingerprint density at radius 3 is 1.90 bits per heavy atom. The number of hydrogen-bond acceptors (Lipinski definition) is 2. The minimum atomic E-state index is -0.110. The maximum atomic E-state index is 10.9. The molecule has 0 radical (unpaired) electrons. The summed E-state index contributed by atoms with van der Waals surface area (Å²) < 4.78 is 4.60. The zero-order chi connectivity index (χ0) is 15.6. The molecule has 0 aromatic carbocycles. The molecule has 0 unspecified atom stereocenters. The lowest BCUT2D eigenvalue weighted by molar-refractivity contribution is -0.140. The fraction of sp³-hybridized carbons (Fsp3) is 0.737. The first kappa shape index (κ1) is 19.9. The van der Waals surface area contributed by atoms with Crippen molar-refractivity contribution in [2.75, 3.05) is 7.11 Å². The van der Waals surface area contributed by atoms with Crippen LogP contribution in [0.15, 0.2) is 24.3 Å². The highest BCUT2D eigenvalue weighted by Gasteiger charge is 1.96. The zero-order valence-electron chi connectivity index (χ0n) is 14.1. The molecular formula is C19H34O2. The van der Waals surface area contributed by atoms with Gasteiger partial charge in [0.1, 0.15) is 0 Å². The quantitative estimate of drug-likeness (QED) is 0.224. The monoisotopic (exact) mass is 294 g/mol. The highest BCUT2D eigenvalue weighted by molar-refractivity contribution is 5.68. The second-order valence-electron chi connectivity index (χ2n) is 5.54. The maximum absolute atomic E-state index is 10.9. The molecule has 0 aliphatic heterocycles. The summed E-state index contributed by atoms with van der Waals surface area (Å²) >= 11 is 0. The van der Waals surface area contributed by atoms with E-state index in [0.29, 0.717) is 6.42 Å². The molecule has 0 atom stereocenters. The molecule has 0 spiro atoms. The highest BCUT2D eigenvalue weighted by Crippen LogP contribution is 2.07. The van der Waals surface area contributed by atoms with E-state index >= 15 is 0 Å². The van der Waals surface area contributed by atoms with Crippen molar-refractivity contribution >= 4 is 5.97 Å². The van der Waals surface area contributed by atoms with Crippen LogP contribution in [0.3, 0.4) is 0 Å². The molecule has 0 N–H and O–H groups in total. The number of esters is 1. The van der Waals surface area contributed by atoms with Gasteiger partial charge in [-0.25, -0.2) is 0 Å². The second-order valence-corrected chi connectivity index (χ2v) is 5.54. The Hall–Kier alpha value is -1.05. The van der Waals surface area contributed by atoms with Crippen LogP contribution in [0.4, 0.5) is 0 Å². The Balaban J connectivity index is 3.22. The van der Waals surface area contributed by atoms with Gasteiger partial charge in [-0.3, -0.25) is 4.79 Å². The number of ether oxygens (including phenoxy) is 1. The molecule has 0 heterocycles. The van der Waals surface area contributed by atoms with Crippen LogP contribution >= 0.6 is 0 Å². The summed E-state index contributed by atoms with van der Waals surface area (Å²) in [7, 11) is 1.44. The van der Waals surface area contributed by atoms with Gasteiger partial charge in [0.2, 0.25) is 0 Å². The van der Waals surface area contributed by atoms with E-state index in [9.17, 15) is 4.79 Å². The number of hydrogen-bond donors (Lipinski definition) is 0. The Kier molecular flexibility index (Phi) is 16.2. The van der Waals surface area contributed by atoms with Crippen LogP contribution in [-0.4, -0.2) is 13.1 Å². The lowest BCUT2D eigenvalue weighted by Gasteiger charge is -1.97. The van der Waals surface area contributed by atoms with Gasteiger partial charge < -0.3 is 4.74 Å². The van der Waals surface area contributed by atoms with Crippen molar-refractivity contribution in [2.45, 2.75) is 84.0 Å². The molecule has 21 heavy (non-hydrogen) atoms. The van der Waals surface area contributed by atoms with Crippen molar-refractivity contribution in [1.29, 1.82) is 0 Å². The molecule has 0 amide bonds. The topological polar surface area (TPSA) is 26.3 Å². The third-order valence-electron chi connectivity index (χ3n) is 3.54. The van der Waals surface area contributed by atoms with E-state index in [0.717, 1.165) is 25.7 Å². The van der Waals surface area contributed by atoms with Crippen LogP contribution < -0.4 is 0 Å². The van der Waals surface area contributed by atoms with Gasteiger partial charge in [-0.1, -0.05) is 63.3 Å². The first-order valence-electron chi connectivity index (χ1n) is 8.68. The van der Waals surface area contributed by atoms with E-state index in [1.165, 1.54) is 52.1 Å². The normalized spacial score (nSPS) is 11.5. The average molecular weight is 294 g/mol. The molecule has 0 aliphatic carbocycles. The van der Waals surface area contributed by atoms with Gasteiger partial charge in [0, 0.05) is 6.42 Å². The molecule has 122 valence electrons. The number of allylic oxidation sites excluding steroid dienone is 4. The largest absolute Gasteiger partial charge is 0.469 e. The summed E-state index contributed by atoms with van der Waals surface area (Å²) in [5, 5.41) is 0. The van der Waals surface area contributed by atoms with Crippen LogP contribution in [0.5, 0.6) is 0 Å². The SMILES string of the molecule is CCCCCCCCC=CCCC=CCCCC(=O)OC. The number of carbonyl (C=O) groups excluding carboxylic acids is 1. The first-order valence-corrected chi connectivity index (χ1v) is 8.68. The number of rotatable bonds is 14. The number of carbonyl (C=O) groups is 1. The van der Waals surface area contributed by atoms with E-state index in [1.54, 1.807) is 0 Å². The lowest BCUT2D eigenvalue weighted by Crippen LogP contribution is -1.98. The fourth-order valence-corrected chi connectivity index (χ4v) is 2.17. The number of unbranched alkanes of at least 4 members (excludes halogenated alkanes) is 8. The van der Waals surface area contributed by atoms with Crippen LogP contribution in [0, 0.1) is 0 Å². The molecule has 0 aromatic rings. The molecule has 0 fully saturated rings. The lowest BCUT2D eigenvalue weighted by atomic mass is 10.1. The van der Waals surface area contributed by atoms with E-state index < -0.39 is 0 Å². The highest BCUT2D eigenvalue weighted by atomic mass is 16.5. The van der Waals surface area contributed by atoms with Gasteiger partial charge in [-0.2, -0.15) is 0 Å². The molecule has 0 saturated heterocycles. The minimum Gasteiger partial charge on any atom is -0.469 e. The van der Waals surface area contributed by atoms with Crippen molar-refractivity contribution in [2.24, 2.45) is 0 Å². The standard InChI is InChI=1S/C19H34O2/c1-3-4-5-6-7-8-9-10-11-12-13-14-15-16-17-18-19(20)21-2/h10-11,14-15H,3-9,12-13,16-18H2,1-2H3. The Bertz CT molecular complexity index is 279. The van der Waals surface area contributed by atoms with Gasteiger partial charge >= 0.3 is 5.97 Å². The van der Waals surface area contributed by atoms with E-state index in [2.05, 4.69) is 36.0 Å². The minimum absolute atomic E-state index is 0.110. The summed E-state index contributed by atoms with van der Waals surface area (Å²) in [6.07, 6.45) is 23.1. The van der Waals surface area contributed by atoms with Gasteiger partial charge in [0.15, 0.2) is 0 Å².